The molecule has 0 amide bonds. The molecular weight excluding hydrogens is 510 g/mol. The molecule has 0 spiro atoms. The number of ether oxygens (including phenoxy) is 7. The molecule has 1 aliphatic carbocycles. The summed E-state index contributed by atoms with van der Waals surface area (Å²) in [6.07, 6.45) is 1.91. The Labute approximate surface area is 223 Å². The Bertz CT molecular complexity index is 1460. The molecule has 11 nitrogen and oxygen atoms in total. The molecule has 3 atom stereocenters. The Balaban J connectivity index is 1.54. The van der Waals surface area contributed by atoms with Gasteiger partial charge in [-0.1, -0.05) is 0 Å². The molecule has 1 fully saturated rings. The SMILES string of the molecule is COc1cc(-c2c3c(cc4c2OCO4)[C@H](OC(=O)c2ccc[n+]([O-])c2)[C@H]2COC(=O)[C@@H]2C3)cc(OC)c1OC. The Morgan fingerprint density at radius 2 is 1.82 bits per heavy atom. The lowest BCUT2D eigenvalue weighted by Crippen LogP contribution is -2.34. The lowest BCUT2D eigenvalue weighted by Gasteiger charge is -2.34. The zero-order chi connectivity index (χ0) is 27.3. The molecule has 0 bridgehead atoms. The summed E-state index contributed by atoms with van der Waals surface area (Å²) in [6.45, 7) is 0.105. The lowest BCUT2D eigenvalue weighted by molar-refractivity contribution is -0.605. The molecule has 2 aromatic carbocycles. The highest BCUT2D eigenvalue weighted by molar-refractivity contribution is 5.89. The molecule has 2 aliphatic heterocycles. The van der Waals surface area contributed by atoms with E-state index in [1.807, 2.05) is 0 Å². The zero-order valence-electron chi connectivity index (χ0n) is 21.4. The van der Waals surface area contributed by atoms with Gasteiger partial charge < -0.3 is 38.4 Å². The maximum absolute atomic E-state index is 13.2. The van der Waals surface area contributed by atoms with E-state index < -0.39 is 23.9 Å². The Morgan fingerprint density at radius 3 is 2.51 bits per heavy atom. The third-order valence-electron chi connectivity index (χ3n) is 7.36. The lowest BCUT2D eigenvalue weighted by atomic mass is 9.73. The van der Waals surface area contributed by atoms with E-state index in [9.17, 15) is 14.8 Å². The number of nitrogens with zero attached hydrogens (tertiary/aromatic N) is 1. The molecule has 39 heavy (non-hydrogen) atoms. The van der Waals surface area contributed by atoms with Crippen molar-refractivity contribution in [1.82, 2.24) is 0 Å². The van der Waals surface area contributed by atoms with Gasteiger partial charge in [-0.05, 0) is 41.8 Å². The highest BCUT2D eigenvalue weighted by atomic mass is 16.7. The topological polar surface area (TPSA) is 126 Å². The van der Waals surface area contributed by atoms with Gasteiger partial charge in [0.25, 0.3) is 0 Å². The smallest absolute Gasteiger partial charge is 0.344 e. The van der Waals surface area contributed by atoms with Crippen molar-refractivity contribution in [3.05, 3.63) is 64.6 Å². The van der Waals surface area contributed by atoms with Crippen LogP contribution in [-0.2, 0) is 20.7 Å². The minimum Gasteiger partial charge on any atom is -0.619 e. The average molecular weight is 536 g/mol. The summed E-state index contributed by atoms with van der Waals surface area (Å²) in [5.41, 5.74) is 2.84. The fourth-order valence-electron chi connectivity index (χ4n) is 5.58. The maximum Gasteiger partial charge on any atom is 0.344 e. The van der Waals surface area contributed by atoms with Gasteiger partial charge >= 0.3 is 11.9 Å². The molecule has 0 N–H and O–H groups in total. The highest BCUT2D eigenvalue weighted by Crippen LogP contribution is 2.55. The quantitative estimate of drug-likeness (QED) is 0.264. The van der Waals surface area contributed by atoms with Crippen LogP contribution < -0.4 is 28.4 Å². The zero-order valence-corrected chi connectivity index (χ0v) is 21.4. The van der Waals surface area contributed by atoms with Crippen molar-refractivity contribution >= 4 is 11.9 Å². The van der Waals surface area contributed by atoms with Gasteiger partial charge in [-0.2, -0.15) is 4.73 Å². The van der Waals surface area contributed by atoms with Crippen LogP contribution in [0.15, 0.2) is 42.7 Å². The van der Waals surface area contributed by atoms with Crippen LogP contribution in [0.1, 0.15) is 27.6 Å². The summed E-state index contributed by atoms with van der Waals surface area (Å²) >= 11 is 0. The number of esters is 2. The van der Waals surface area contributed by atoms with Crippen LogP contribution in [0.5, 0.6) is 28.7 Å². The molecule has 6 rings (SSSR count). The number of methoxy groups -OCH3 is 3. The number of carbonyl (C=O) groups is 2. The van der Waals surface area contributed by atoms with Crippen molar-refractivity contribution in [2.75, 3.05) is 34.7 Å². The van der Waals surface area contributed by atoms with Crippen molar-refractivity contribution in [3.63, 3.8) is 0 Å². The van der Waals surface area contributed by atoms with Crippen molar-refractivity contribution in [2.24, 2.45) is 11.8 Å². The number of fused-ring (bicyclic) bond motifs is 3. The van der Waals surface area contributed by atoms with Crippen molar-refractivity contribution in [3.8, 4) is 39.9 Å². The van der Waals surface area contributed by atoms with E-state index in [-0.39, 0.29) is 24.9 Å². The summed E-state index contributed by atoms with van der Waals surface area (Å²) in [5, 5.41) is 11.8. The molecular formula is C28H25NO10. The van der Waals surface area contributed by atoms with Gasteiger partial charge in [-0.3, -0.25) is 4.79 Å². The van der Waals surface area contributed by atoms with E-state index in [2.05, 4.69) is 0 Å². The van der Waals surface area contributed by atoms with Crippen LogP contribution in [-0.4, -0.2) is 46.7 Å². The van der Waals surface area contributed by atoms with E-state index in [1.165, 1.54) is 39.7 Å². The Hall–Kier alpha value is -4.67. The summed E-state index contributed by atoms with van der Waals surface area (Å²) in [5.74, 6) is 0.246. The predicted octanol–water partition coefficient (Wildman–Crippen LogP) is 2.98. The first-order valence-electron chi connectivity index (χ1n) is 12.3. The molecule has 0 radical (unpaired) electrons. The number of rotatable bonds is 6. The standard InChI is InChI=1S/C28H25NO10/c1-33-20-7-15(8-21(34-2)25(20)35-3)23-16-9-18-19(12-36-28(18)31)24(17(16)10-22-26(23)38-13-37-22)39-27(30)14-5-4-6-29(32)11-14/h4-8,10-11,18-19,24H,9,12-13H2,1-3H3/t18-,19+,24+/m1/s1. The summed E-state index contributed by atoms with van der Waals surface area (Å²) in [4.78, 5) is 26.0. The maximum atomic E-state index is 13.2. The fourth-order valence-corrected chi connectivity index (χ4v) is 5.58. The van der Waals surface area contributed by atoms with Crippen molar-refractivity contribution in [1.29, 1.82) is 0 Å². The van der Waals surface area contributed by atoms with Crippen LogP contribution in [0.3, 0.4) is 0 Å². The molecule has 11 heteroatoms. The number of carbonyl (C=O) groups excluding carboxylic acids is 2. The highest BCUT2D eigenvalue weighted by Gasteiger charge is 2.50. The minimum atomic E-state index is -0.840. The number of cyclic esters (lactones) is 1. The molecule has 202 valence electrons. The fraction of sp³-hybridized carbons (Fsp3) is 0.321. The van der Waals surface area contributed by atoms with Gasteiger partial charge in [0.1, 0.15) is 11.7 Å². The first-order chi connectivity index (χ1) is 18.9. The molecule has 3 aliphatic rings. The van der Waals surface area contributed by atoms with Gasteiger partial charge in [0, 0.05) is 23.1 Å². The van der Waals surface area contributed by atoms with Crippen LogP contribution in [0, 0.1) is 17.0 Å². The Morgan fingerprint density at radius 1 is 1.05 bits per heavy atom. The average Bonchev–Trinajstić information content (AvgIpc) is 3.57. The summed E-state index contributed by atoms with van der Waals surface area (Å²) in [7, 11) is 4.57. The minimum absolute atomic E-state index is 0.00250. The second kappa shape index (κ2) is 9.57. The van der Waals surface area contributed by atoms with E-state index in [0.717, 1.165) is 11.8 Å². The molecule has 0 saturated carbocycles. The molecule has 3 aromatic rings. The van der Waals surface area contributed by atoms with Crippen LogP contribution in [0.25, 0.3) is 11.1 Å². The second-order valence-corrected chi connectivity index (χ2v) is 9.35. The van der Waals surface area contributed by atoms with Gasteiger partial charge in [0.15, 0.2) is 35.4 Å². The van der Waals surface area contributed by atoms with Crippen molar-refractivity contribution in [2.45, 2.75) is 12.5 Å². The van der Waals surface area contributed by atoms with Gasteiger partial charge in [0.05, 0.1) is 33.9 Å². The number of benzene rings is 2. The Kier molecular flexibility index (Phi) is 6.05. The first kappa shape index (κ1) is 24.7. The van der Waals surface area contributed by atoms with Gasteiger partial charge in [-0.25, -0.2) is 4.79 Å². The number of aromatic nitrogens is 1. The van der Waals surface area contributed by atoms with E-state index in [1.54, 1.807) is 18.2 Å². The van der Waals surface area contributed by atoms with Crippen LogP contribution in [0.2, 0.25) is 0 Å². The summed E-state index contributed by atoms with van der Waals surface area (Å²) in [6, 6.07) is 8.32. The van der Waals surface area contributed by atoms with Crippen molar-refractivity contribution < 1.29 is 47.5 Å². The second-order valence-electron chi connectivity index (χ2n) is 9.35. The first-order valence-corrected chi connectivity index (χ1v) is 12.3. The molecule has 0 unspecified atom stereocenters. The third-order valence-corrected chi connectivity index (χ3v) is 7.36. The van der Waals surface area contributed by atoms with E-state index >= 15 is 0 Å². The molecule has 3 heterocycles. The predicted molar refractivity (Wildman–Crippen MR) is 133 cm³/mol. The number of hydrogen-bond acceptors (Lipinski definition) is 10. The summed E-state index contributed by atoms with van der Waals surface area (Å²) < 4.78 is 40.3. The normalized spacial score (nSPS) is 20.5. The van der Waals surface area contributed by atoms with Crippen LogP contribution in [0.4, 0.5) is 0 Å². The monoisotopic (exact) mass is 535 g/mol. The van der Waals surface area contributed by atoms with Gasteiger partial charge in [0.2, 0.25) is 12.5 Å². The number of pyridine rings is 1. The van der Waals surface area contributed by atoms with Gasteiger partial charge in [-0.15, -0.1) is 0 Å². The molecule has 1 saturated heterocycles. The third kappa shape index (κ3) is 4.01. The van der Waals surface area contributed by atoms with E-state index in [4.69, 9.17) is 33.2 Å². The number of hydrogen-bond donors (Lipinski definition) is 0. The molecule has 1 aromatic heterocycles. The van der Waals surface area contributed by atoms with Crippen LogP contribution >= 0.6 is 0 Å². The largest absolute Gasteiger partial charge is 0.619 e. The van der Waals surface area contributed by atoms with E-state index in [0.29, 0.717) is 56.6 Å².